The van der Waals surface area contributed by atoms with Crippen molar-refractivity contribution in [3.8, 4) is 0 Å². The van der Waals surface area contributed by atoms with Crippen LogP contribution in [0.25, 0.3) is 0 Å². The van der Waals surface area contributed by atoms with Gasteiger partial charge in [0, 0.05) is 32.2 Å². The molecule has 1 aromatic rings. The number of nitrogens with two attached hydrogens (primary N) is 1. The van der Waals surface area contributed by atoms with Crippen LogP contribution in [0.1, 0.15) is 32.1 Å². The molecule has 0 aliphatic carbocycles. The smallest absolute Gasteiger partial charge is 0.311 e. The van der Waals surface area contributed by atoms with Crippen molar-refractivity contribution < 1.29 is 9.90 Å². The molecule has 0 saturated carbocycles. The van der Waals surface area contributed by atoms with Crippen molar-refractivity contribution in [3.05, 3.63) is 18.7 Å². The molecule has 2 saturated heterocycles. The Labute approximate surface area is 142 Å². The van der Waals surface area contributed by atoms with E-state index < -0.39 is 11.4 Å². The van der Waals surface area contributed by atoms with E-state index in [1.807, 2.05) is 11.0 Å². The largest absolute Gasteiger partial charge is 0.481 e. The van der Waals surface area contributed by atoms with Crippen LogP contribution in [-0.4, -0.2) is 47.2 Å². The number of hydrogen-bond donors (Lipinski definition) is 2. The van der Waals surface area contributed by atoms with Gasteiger partial charge in [0.25, 0.3) is 0 Å². The van der Waals surface area contributed by atoms with Crippen LogP contribution < -0.4 is 15.5 Å². The number of nitrogen functional groups attached to an aromatic ring is 1. The lowest BCUT2D eigenvalue weighted by molar-refractivity contribution is -0.149. The summed E-state index contributed by atoms with van der Waals surface area (Å²) in [7, 11) is 0. The van der Waals surface area contributed by atoms with E-state index >= 15 is 0 Å². The number of piperidine rings is 1. The van der Waals surface area contributed by atoms with Crippen LogP contribution in [0, 0.1) is 5.41 Å². The van der Waals surface area contributed by atoms with Gasteiger partial charge in [0.1, 0.15) is 11.6 Å². The van der Waals surface area contributed by atoms with Crippen LogP contribution in [0.15, 0.2) is 18.7 Å². The van der Waals surface area contributed by atoms with Gasteiger partial charge >= 0.3 is 5.97 Å². The average molecular weight is 331 g/mol. The number of aromatic nitrogens is 2. The highest BCUT2D eigenvalue weighted by molar-refractivity contribution is 5.76. The minimum atomic E-state index is -0.798. The molecule has 7 heteroatoms. The topological polar surface area (TPSA) is 95.6 Å². The summed E-state index contributed by atoms with van der Waals surface area (Å²) in [5, 5.41) is 9.73. The quantitative estimate of drug-likeness (QED) is 0.796. The zero-order chi connectivity index (χ0) is 17.2. The van der Waals surface area contributed by atoms with Gasteiger partial charge in [0.05, 0.1) is 5.41 Å². The van der Waals surface area contributed by atoms with Crippen molar-refractivity contribution in [2.45, 2.75) is 32.1 Å². The predicted molar refractivity (Wildman–Crippen MR) is 94.2 cm³/mol. The number of rotatable bonds is 5. The predicted octanol–water partition coefficient (Wildman–Crippen LogP) is 1.91. The van der Waals surface area contributed by atoms with Crippen LogP contribution in [0.5, 0.6) is 0 Å². The maximum atomic E-state index is 11.8. The molecular weight excluding hydrogens is 306 g/mol. The molecule has 3 rings (SSSR count). The summed E-state index contributed by atoms with van der Waals surface area (Å²) in [6.07, 6.45) is 5.93. The van der Waals surface area contributed by atoms with Crippen LogP contribution in [-0.2, 0) is 4.79 Å². The van der Waals surface area contributed by atoms with E-state index in [-0.39, 0.29) is 5.95 Å². The summed E-state index contributed by atoms with van der Waals surface area (Å²) in [6, 6.07) is 1.94. The molecule has 24 heavy (non-hydrogen) atoms. The van der Waals surface area contributed by atoms with Gasteiger partial charge in [0.2, 0.25) is 5.95 Å². The molecular formula is C17H25N5O2. The Hall–Kier alpha value is -2.31. The molecule has 130 valence electrons. The Morgan fingerprint density at radius 3 is 2.50 bits per heavy atom. The van der Waals surface area contributed by atoms with Crippen molar-refractivity contribution in [1.29, 1.82) is 0 Å². The SMILES string of the molecule is C=CC[C@@]1(C(=O)O)CCCN(c2cc(N3CCCC3)nc(N)n2)C1. The number of nitrogens with zero attached hydrogens (tertiary/aromatic N) is 4. The van der Waals surface area contributed by atoms with Gasteiger partial charge in [-0.25, -0.2) is 0 Å². The van der Waals surface area contributed by atoms with Crippen molar-refractivity contribution >= 4 is 23.6 Å². The second kappa shape index (κ2) is 6.67. The van der Waals surface area contributed by atoms with E-state index in [0.29, 0.717) is 19.4 Å². The highest BCUT2D eigenvalue weighted by Gasteiger charge is 2.41. The van der Waals surface area contributed by atoms with Crippen molar-refractivity contribution in [2.24, 2.45) is 5.41 Å². The number of carboxylic acids is 1. The molecule has 1 aromatic heterocycles. The second-order valence-corrected chi connectivity index (χ2v) is 6.74. The van der Waals surface area contributed by atoms with E-state index in [2.05, 4.69) is 21.4 Å². The Bertz CT molecular complexity index is 629. The first-order chi connectivity index (χ1) is 11.5. The summed E-state index contributed by atoms with van der Waals surface area (Å²) >= 11 is 0. The monoisotopic (exact) mass is 331 g/mol. The summed E-state index contributed by atoms with van der Waals surface area (Å²) in [5.41, 5.74) is 5.11. The summed E-state index contributed by atoms with van der Waals surface area (Å²) in [5.74, 6) is 1.03. The summed E-state index contributed by atoms with van der Waals surface area (Å²) in [4.78, 5) is 24.8. The van der Waals surface area contributed by atoms with E-state index in [1.54, 1.807) is 6.08 Å². The maximum Gasteiger partial charge on any atom is 0.311 e. The molecule has 0 aromatic carbocycles. The van der Waals surface area contributed by atoms with Crippen molar-refractivity contribution in [1.82, 2.24) is 9.97 Å². The third-order valence-electron chi connectivity index (χ3n) is 5.04. The lowest BCUT2D eigenvalue weighted by Crippen LogP contribution is -2.48. The Morgan fingerprint density at radius 1 is 1.25 bits per heavy atom. The van der Waals surface area contributed by atoms with Gasteiger partial charge in [0.15, 0.2) is 0 Å². The molecule has 0 radical (unpaired) electrons. The molecule has 2 aliphatic heterocycles. The van der Waals surface area contributed by atoms with E-state index in [4.69, 9.17) is 5.73 Å². The lowest BCUT2D eigenvalue weighted by Gasteiger charge is -2.40. The third kappa shape index (κ3) is 3.16. The van der Waals surface area contributed by atoms with Gasteiger partial charge in [-0.3, -0.25) is 4.79 Å². The van der Waals surface area contributed by atoms with Crippen LogP contribution in [0.3, 0.4) is 0 Å². The second-order valence-electron chi connectivity index (χ2n) is 6.74. The number of allylic oxidation sites excluding steroid dienone is 1. The number of anilines is 3. The highest BCUT2D eigenvalue weighted by Crippen LogP contribution is 2.36. The molecule has 3 heterocycles. The molecule has 0 bridgehead atoms. The standard InChI is InChI=1S/C17H25N5O2/c1-2-6-17(15(23)24)7-5-10-22(12-17)14-11-13(19-16(18)20-14)21-8-3-4-9-21/h2,11H,1,3-10,12H2,(H,23,24)(H2,18,19,20)/t17-/m1/s1. The van der Waals surface area contributed by atoms with Gasteiger partial charge in [-0.05, 0) is 32.1 Å². The third-order valence-corrected chi connectivity index (χ3v) is 5.04. The molecule has 1 atom stereocenters. The van der Waals surface area contributed by atoms with Gasteiger partial charge in [-0.2, -0.15) is 9.97 Å². The lowest BCUT2D eigenvalue weighted by atomic mass is 9.77. The normalized spacial score (nSPS) is 24.2. The minimum absolute atomic E-state index is 0.240. The zero-order valence-corrected chi connectivity index (χ0v) is 13.9. The number of aliphatic carboxylic acids is 1. The molecule has 7 nitrogen and oxygen atoms in total. The Kier molecular flexibility index (Phi) is 4.59. The van der Waals surface area contributed by atoms with Crippen LogP contribution in [0.2, 0.25) is 0 Å². The van der Waals surface area contributed by atoms with Crippen LogP contribution in [0.4, 0.5) is 17.6 Å². The maximum absolute atomic E-state index is 11.8. The van der Waals surface area contributed by atoms with Gasteiger partial charge < -0.3 is 20.6 Å². The summed E-state index contributed by atoms with van der Waals surface area (Å²) in [6.45, 7) is 6.88. The van der Waals surface area contributed by atoms with Crippen LogP contribution >= 0.6 is 0 Å². The highest BCUT2D eigenvalue weighted by atomic mass is 16.4. The molecule has 0 amide bonds. The van der Waals surface area contributed by atoms with Gasteiger partial charge in [-0.15, -0.1) is 6.58 Å². The Balaban J connectivity index is 1.87. The molecule has 3 N–H and O–H groups in total. The first kappa shape index (κ1) is 16.5. The molecule has 0 spiro atoms. The molecule has 2 aliphatic rings. The minimum Gasteiger partial charge on any atom is -0.481 e. The van der Waals surface area contributed by atoms with Crippen molar-refractivity contribution in [3.63, 3.8) is 0 Å². The van der Waals surface area contributed by atoms with Crippen molar-refractivity contribution in [2.75, 3.05) is 41.7 Å². The van der Waals surface area contributed by atoms with Gasteiger partial charge in [-0.1, -0.05) is 6.08 Å². The molecule has 0 unspecified atom stereocenters. The molecule has 2 fully saturated rings. The first-order valence-corrected chi connectivity index (χ1v) is 8.53. The zero-order valence-electron chi connectivity index (χ0n) is 13.9. The van der Waals surface area contributed by atoms with E-state index in [0.717, 1.165) is 50.5 Å². The van der Waals surface area contributed by atoms with E-state index in [1.165, 1.54) is 0 Å². The fourth-order valence-electron chi connectivity index (χ4n) is 3.74. The first-order valence-electron chi connectivity index (χ1n) is 8.53. The fraction of sp³-hybridized carbons (Fsp3) is 0.588. The fourth-order valence-corrected chi connectivity index (χ4v) is 3.74. The average Bonchev–Trinajstić information content (AvgIpc) is 3.09. The number of hydrogen-bond acceptors (Lipinski definition) is 6. The Morgan fingerprint density at radius 2 is 1.88 bits per heavy atom. The number of carboxylic acid groups (broad SMARTS) is 1. The summed E-state index contributed by atoms with van der Waals surface area (Å²) < 4.78 is 0. The van der Waals surface area contributed by atoms with E-state index in [9.17, 15) is 9.90 Å². The number of carbonyl (C=O) groups is 1.